The second-order valence-electron chi connectivity index (χ2n) is 5.24. The highest BCUT2D eigenvalue weighted by Crippen LogP contribution is 2.11. The van der Waals surface area contributed by atoms with Gasteiger partial charge in [-0.3, -0.25) is 4.79 Å². The Bertz CT molecular complexity index is 529. The minimum absolute atomic E-state index is 0.00658. The zero-order valence-electron chi connectivity index (χ0n) is 11.7. The minimum atomic E-state index is -0.857. The number of amides is 1. The van der Waals surface area contributed by atoms with Crippen LogP contribution in [0.1, 0.15) is 38.2 Å². The van der Waals surface area contributed by atoms with Crippen LogP contribution < -0.4 is 5.32 Å². The van der Waals surface area contributed by atoms with Crippen molar-refractivity contribution in [2.45, 2.75) is 39.3 Å². The largest absolute Gasteiger partial charge is 0.458 e. The van der Waals surface area contributed by atoms with Gasteiger partial charge in [0.1, 0.15) is 11.6 Å². The van der Waals surface area contributed by atoms with Crippen LogP contribution >= 0.6 is 0 Å². The molecule has 0 spiro atoms. The maximum atomic E-state index is 11.8. The van der Waals surface area contributed by atoms with E-state index in [9.17, 15) is 19.7 Å². The predicted molar refractivity (Wildman–Crippen MR) is 70.2 cm³/mol. The number of hydrogen-bond acceptors (Lipinski definition) is 5. The number of nitro groups is 1. The van der Waals surface area contributed by atoms with Gasteiger partial charge in [-0.25, -0.2) is 9.78 Å². The van der Waals surface area contributed by atoms with Crippen molar-refractivity contribution in [3.8, 4) is 0 Å². The summed E-state index contributed by atoms with van der Waals surface area (Å²) in [6.45, 7) is 6.62. The molecule has 1 aromatic rings. The summed E-state index contributed by atoms with van der Waals surface area (Å²) in [6.07, 6.45) is 0. The third-order valence-electron chi connectivity index (χ3n) is 2.22. The first-order valence-electron chi connectivity index (χ1n) is 5.97. The van der Waals surface area contributed by atoms with E-state index in [-0.39, 0.29) is 11.5 Å². The number of carbonyl (C=O) groups is 2. The van der Waals surface area contributed by atoms with E-state index in [0.29, 0.717) is 0 Å². The van der Waals surface area contributed by atoms with E-state index in [1.54, 1.807) is 20.8 Å². The Balaban J connectivity index is 2.65. The quantitative estimate of drug-likeness (QED) is 0.492. The van der Waals surface area contributed by atoms with Crippen LogP contribution in [0.2, 0.25) is 0 Å². The number of carbonyl (C=O) groups excluding carboxylic acids is 2. The molecule has 2 N–H and O–H groups in total. The second kappa shape index (κ2) is 5.72. The van der Waals surface area contributed by atoms with Crippen molar-refractivity contribution < 1.29 is 19.2 Å². The number of hydrogen-bond donors (Lipinski definition) is 2. The van der Waals surface area contributed by atoms with Crippen molar-refractivity contribution in [2.75, 3.05) is 0 Å². The Labute approximate surface area is 115 Å². The maximum absolute atomic E-state index is 11.8. The van der Waals surface area contributed by atoms with Gasteiger partial charge in [-0.15, -0.1) is 0 Å². The maximum Gasteiger partial charge on any atom is 0.328 e. The van der Waals surface area contributed by atoms with Crippen LogP contribution in [0.5, 0.6) is 0 Å². The summed E-state index contributed by atoms with van der Waals surface area (Å²) >= 11 is 0. The molecule has 0 aliphatic rings. The van der Waals surface area contributed by atoms with Crippen molar-refractivity contribution in [3.05, 3.63) is 27.9 Å². The Morgan fingerprint density at radius 1 is 1.40 bits per heavy atom. The zero-order chi connectivity index (χ0) is 15.5. The zero-order valence-corrected chi connectivity index (χ0v) is 11.7. The molecule has 1 aromatic heterocycles. The lowest BCUT2D eigenvalue weighted by molar-refractivity contribution is -0.389. The molecular formula is C12H17N3O5. The first-order chi connectivity index (χ1) is 9.10. The molecule has 0 radical (unpaired) electrons. The van der Waals surface area contributed by atoms with Crippen molar-refractivity contribution in [2.24, 2.45) is 0 Å². The lowest BCUT2D eigenvalue weighted by Gasteiger charge is -2.22. The molecule has 1 amide bonds. The predicted octanol–water partition coefficient (Wildman–Crippen LogP) is 1.38. The van der Waals surface area contributed by atoms with Crippen molar-refractivity contribution >= 4 is 17.7 Å². The Hall–Kier alpha value is -2.38. The number of aromatic nitrogens is 1. The van der Waals surface area contributed by atoms with E-state index >= 15 is 0 Å². The lowest BCUT2D eigenvalue weighted by Crippen LogP contribution is -2.42. The van der Waals surface area contributed by atoms with Gasteiger partial charge in [0.15, 0.2) is 5.69 Å². The van der Waals surface area contributed by atoms with Crippen LogP contribution in [-0.2, 0) is 9.53 Å². The van der Waals surface area contributed by atoms with E-state index in [0.717, 1.165) is 0 Å². The standard InChI is InChI=1S/C12H17N3O5/c1-7(11(17)20-12(2,3)4)13-10(16)8-5-6-9(14-8)15(18)19/h5-7,14H,1-4H3,(H,13,16)/t7-/m1/s1. The molecular weight excluding hydrogens is 266 g/mol. The molecule has 1 heterocycles. The van der Waals surface area contributed by atoms with Crippen LogP contribution in [0.4, 0.5) is 5.82 Å². The molecule has 0 saturated carbocycles. The van der Waals surface area contributed by atoms with Gasteiger partial charge in [-0.1, -0.05) is 0 Å². The first-order valence-corrected chi connectivity index (χ1v) is 5.97. The van der Waals surface area contributed by atoms with Gasteiger partial charge in [-0.05, 0) is 38.7 Å². The van der Waals surface area contributed by atoms with Gasteiger partial charge in [-0.2, -0.15) is 0 Å². The molecule has 0 aliphatic carbocycles. The summed E-state index contributed by atoms with van der Waals surface area (Å²) in [7, 11) is 0. The number of ether oxygens (including phenoxy) is 1. The molecule has 0 bridgehead atoms. The molecule has 0 unspecified atom stereocenters. The van der Waals surface area contributed by atoms with Crippen LogP contribution in [0.25, 0.3) is 0 Å². The Kier molecular flexibility index (Phi) is 4.49. The van der Waals surface area contributed by atoms with E-state index in [1.807, 2.05) is 0 Å². The number of aromatic amines is 1. The van der Waals surface area contributed by atoms with Crippen LogP contribution in [-0.4, -0.2) is 33.4 Å². The average molecular weight is 283 g/mol. The average Bonchev–Trinajstić information content (AvgIpc) is 2.75. The Morgan fingerprint density at radius 2 is 2.00 bits per heavy atom. The summed E-state index contributed by atoms with van der Waals surface area (Å²) in [5.74, 6) is -1.48. The van der Waals surface area contributed by atoms with E-state index < -0.39 is 28.4 Å². The van der Waals surface area contributed by atoms with Gasteiger partial charge in [0.05, 0.1) is 0 Å². The van der Waals surface area contributed by atoms with E-state index in [2.05, 4.69) is 10.3 Å². The molecule has 0 aliphatic heterocycles. The van der Waals surface area contributed by atoms with Crippen molar-refractivity contribution in [3.63, 3.8) is 0 Å². The fraction of sp³-hybridized carbons (Fsp3) is 0.500. The summed E-state index contributed by atoms with van der Waals surface area (Å²) in [5, 5.41) is 12.9. The monoisotopic (exact) mass is 283 g/mol. The fourth-order valence-electron chi connectivity index (χ4n) is 1.35. The smallest absolute Gasteiger partial charge is 0.328 e. The molecule has 0 fully saturated rings. The Morgan fingerprint density at radius 3 is 2.45 bits per heavy atom. The molecule has 0 aromatic carbocycles. The summed E-state index contributed by atoms with van der Waals surface area (Å²) in [4.78, 5) is 35.7. The molecule has 1 rings (SSSR count). The molecule has 1 atom stereocenters. The normalized spacial score (nSPS) is 12.6. The summed E-state index contributed by atoms with van der Waals surface area (Å²) < 4.78 is 5.11. The third kappa shape index (κ3) is 4.38. The molecule has 0 saturated heterocycles. The van der Waals surface area contributed by atoms with Crippen LogP contribution in [0.3, 0.4) is 0 Å². The highest BCUT2D eigenvalue weighted by molar-refractivity contribution is 5.95. The second-order valence-corrected chi connectivity index (χ2v) is 5.24. The number of rotatable bonds is 4. The van der Waals surface area contributed by atoms with Crippen molar-refractivity contribution in [1.29, 1.82) is 0 Å². The number of nitrogens with zero attached hydrogens (tertiary/aromatic N) is 1. The molecule has 8 heteroatoms. The van der Waals surface area contributed by atoms with E-state index in [4.69, 9.17) is 4.74 Å². The number of esters is 1. The summed E-state index contributed by atoms with van der Waals surface area (Å²) in [6, 6.07) is 1.59. The highest BCUT2D eigenvalue weighted by atomic mass is 16.6. The lowest BCUT2D eigenvalue weighted by atomic mass is 10.2. The summed E-state index contributed by atoms with van der Waals surface area (Å²) in [5.41, 5.74) is -0.645. The minimum Gasteiger partial charge on any atom is -0.458 e. The topological polar surface area (TPSA) is 114 Å². The van der Waals surface area contributed by atoms with Crippen molar-refractivity contribution in [1.82, 2.24) is 10.3 Å². The molecule has 8 nitrogen and oxygen atoms in total. The van der Waals surface area contributed by atoms with E-state index in [1.165, 1.54) is 19.1 Å². The third-order valence-corrected chi connectivity index (χ3v) is 2.22. The van der Waals surface area contributed by atoms with Gasteiger partial charge in [0, 0.05) is 6.07 Å². The number of H-pyrrole nitrogens is 1. The first kappa shape index (κ1) is 15.7. The number of nitrogens with one attached hydrogen (secondary N) is 2. The van der Waals surface area contributed by atoms with Gasteiger partial charge >= 0.3 is 11.8 Å². The van der Waals surface area contributed by atoms with Crippen LogP contribution in [0, 0.1) is 10.1 Å². The van der Waals surface area contributed by atoms with Crippen LogP contribution in [0.15, 0.2) is 12.1 Å². The van der Waals surface area contributed by atoms with Gasteiger partial charge < -0.3 is 20.2 Å². The highest BCUT2D eigenvalue weighted by Gasteiger charge is 2.25. The molecule has 110 valence electrons. The SMILES string of the molecule is C[C@@H](NC(=O)c1ccc([N+](=O)[O-])[nH]1)C(=O)OC(C)(C)C. The molecule has 20 heavy (non-hydrogen) atoms. The fourth-order valence-corrected chi connectivity index (χ4v) is 1.35. The van der Waals surface area contributed by atoms with Gasteiger partial charge in [0.2, 0.25) is 0 Å². The van der Waals surface area contributed by atoms with Gasteiger partial charge in [0.25, 0.3) is 5.91 Å².